The van der Waals surface area contributed by atoms with Crippen LogP contribution in [-0.2, 0) is 17.8 Å². The van der Waals surface area contributed by atoms with E-state index in [1.165, 1.54) is 11.1 Å². The Labute approximate surface area is 95.7 Å². The molecule has 0 aliphatic carbocycles. The molecule has 2 rings (SSSR count). The molecule has 0 saturated heterocycles. The summed E-state index contributed by atoms with van der Waals surface area (Å²) in [6.45, 7) is 3.83. The van der Waals surface area contributed by atoms with Crippen LogP contribution in [0.15, 0.2) is 24.3 Å². The smallest absolute Gasteiger partial charge is 0.304 e. The molecular weight excluding hydrogens is 202 g/mol. The van der Waals surface area contributed by atoms with Crippen molar-refractivity contribution in [2.45, 2.75) is 32.4 Å². The van der Waals surface area contributed by atoms with Gasteiger partial charge in [0.05, 0.1) is 6.42 Å². The summed E-state index contributed by atoms with van der Waals surface area (Å²) < 4.78 is 0. The van der Waals surface area contributed by atoms with Crippen molar-refractivity contribution in [3.8, 4) is 0 Å². The van der Waals surface area contributed by atoms with Crippen molar-refractivity contribution in [3.05, 3.63) is 35.4 Å². The Balaban J connectivity index is 2.05. The SMILES string of the molecule is CC(CC(=O)O)N1CCc2ccccc2C1. The molecule has 0 amide bonds. The summed E-state index contributed by atoms with van der Waals surface area (Å²) in [5, 5.41) is 8.78. The molecule has 1 aliphatic heterocycles. The molecular formula is C13H17NO2. The first-order valence-electron chi connectivity index (χ1n) is 5.69. The van der Waals surface area contributed by atoms with Crippen LogP contribution < -0.4 is 0 Å². The first-order valence-corrected chi connectivity index (χ1v) is 5.69. The maximum Gasteiger partial charge on any atom is 0.304 e. The fraction of sp³-hybridized carbons (Fsp3) is 0.462. The van der Waals surface area contributed by atoms with Gasteiger partial charge in [-0.15, -0.1) is 0 Å². The van der Waals surface area contributed by atoms with Gasteiger partial charge in [0.25, 0.3) is 0 Å². The van der Waals surface area contributed by atoms with Crippen LogP contribution >= 0.6 is 0 Å². The number of benzene rings is 1. The lowest BCUT2D eigenvalue weighted by molar-refractivity contribution is -0.138. The molecule has 1 atom stereocenters. The third kappa shape index (κ3) is 2.42. The van der Waals surface area contributed by atoms with Crippen LogP contribution in [0, 0.1) is 0 Å². The van der Waals surface area contributed by atoms with E-state index in [1.807, 2.05) is 13.0 Å². The Morgan fingerprint density at radius 2 is 2.12 bits per heavy atom. The maximum atomic E-state index is 10.7. The number of nitrogens with zero attached hydrogens (tertiary/aromatic N) is 1. The van der Waals surface area contributed by atoms with Gasteiger partial charge in [0.15, 0.2) is 0 Å². The number of fused-ring (bicyclic) bond motifs is 1. The normalized spacial score (nSPS) is 17.8. The average Bonchev–Trinajstić information content (AvgIpc) is 2.27. The molecule has 1 aromatic rings. The third-order valence-corrected chi connectivity index (χ3v) is 3.25. The van der Waals surface area contributed by atoms with Crippen LogP contribution in [-0.4, -0.2) is 28.6 Å². The minimum absolute atomic E-state index is 0.117. The van der Waals surface area contributed by atoms with Gasteiger partial charge in [0, 0.05) is 19.1 Å². The van der Waals surface area contributed by atoms with Crippen LogP contribution in [0.25, 0.3) is 0 Å². The molecule has 1 aromatic carbocycles. The molecule has 1 N–H and O–H groups in total. The molecule has 0 saturated carbocycles. The van der Waals surface area contributed by atoms with Crippen molar-refractivity contribution in [1.29, 1.82) is 0 Å². The number of carboxylic acids is 1. The van der Waals surface area contributed by atoms with Crippen LogP contribution in [0.2, 0.25) is 0 Å². The van der Waals surface area contributed by atoms with Crippen LogP contribution in [0.3, 0.4) is 0 Å². The van der Waals surface area contributed by atoms with Gasteiger partial charge < -0.3 is 5.11 Å². The topological polar surface area (TPSA) is 40.5 Å². The average molecular weight is 219 g/mol. The Kier molecular flexibility index (Phi) is 3.25. The van der Waals surface area contributed by atoms with E-state index >= 15 is 0 Å². The molecule has 1 heterocycles. The van der Waals surface area contributed by atoms with Gasteiger partial charge in [-0.3, -0.25) is 9.69 Å². The highest BCUT2D eigenvalue weighted by atomic mass is 16.4. The highest BCUT2D eigenvalue weighted by Gasteiger charge is 2.21. The fourth-order valence-electron chi connectivity index (χ4n) is 2.28. The van der Waals surface area contributed by atoms with Crippen LogP contribution in [0.1, 0.15) is 24.5 Å². The van der Waals surface area contributed by atoms with Crippen molar-refractivity contribution in [1.82, 2.24) is 4.90 Å². The molecule has 86 valence electrons. The molecule has 0 aromatic heterocycles. The summed E-state index contributed by atoms with van der Waals surface area (Å²) in [6, 6.07) is 8.52. The molecule has 3 heteroatoms. The molecule has 0 radical (unpaired) electrons. The second-order valence-electron chi connectivity index (χ2n) is 4.44. The molecule has 0 spiro atoms. The Morgan fingerprint density at radius 1 is 1.44 bits per heavy atom. The second-order valence-corrected chi connectivity index (χ2v) is 4.44. The summed E-state index contributed by atoms with van der Waals surface area (Å²) >= 11 is 0. The highest BCUT2D eigenvalue weighted by molar-refractivity contribution is 5.67. The van der Waals surface area contributed by atoms with Gasteiger partial charge in [-0.2, -0.15) is 0 Å². The van der Waals surface area contributed by atoms with Crippen molar-refractivity contribution >= 4 is 5.97 Å². The molecule has 0 bridgehead atoms. The van der Waals surface area contributed by atoms with E-state index in [9.17, 15) is 4.79 Å². The minimum atomic E-state index is -0.716. The highest BCUT2D eigenvalue weighted by Crippen LogP contribution is 2.20. The zero-order valence-corrected chi connectivity index (χ0v) is 9.52. The van der Waals surface area contributed by atoms with E-state index in [2.05, 4.69) is 23.1 Å². The quantitative estimate of drug-likeness (QED) is 0.844. The van der Waals surface area contributed by atoms with E-state index in [1.54, 1.807) is 0 Å². The zero-order valence-electron chi connectivity index (χ0n) is 9.52. The summed E-state index contributed by atoms with van der Waals surface area (Å²) in [4.78, 5) is 12.9. The molecule has 1 unspecified atom stereocenters. The standard InChI is InChI=1S/C13H17NO2/c1-10(8-13(15)16)14-7-6-11-4-2-3-5-12(11)9-14/h2-5,10H,6-9H2,1H3,(H,15,16). The van der Waals surface area contributed by atoms with Gasteiger partial charge in [-0.1, -0.05) is 24.3 Å². The van der Waals surface area contributed by atoms with E-state index in [0.29, 0.717) is 0 Å². The number of carboxylic acid groups (broad SMARTS) is 1. The van der Waals surface area contributed by atoms with E-state index < -0.39 is 5.97 Å². The Bertz CT molecular complexity index is 389. The van der Waals surface area contributed by atoms with Gasteiger partial charge in [0.2, 0.25) is 0 Å². The summed E-state index contributed by atoms with van der Waals surface area (Å²) in [5.41, 5.74) is 2.74. The van der Waals surface area contributed by atoms with Gasteiger partial charge in [-0.25, -0.2) is 0 Å². The first-order chi connectivity index (χ1) is 7.66. The van der Waals surface area contributed by atoms with Crippen LogP contribution in [0.5, 0.6) is 0 Å². The van der Waals surface area contributed by atoms with Crippen molar-refractivity contribution < 1.29 is 9.90 Å². The number of rotatable bonds is 3. The van der Waals surface area contributed by atoms with Gasteiger partial charge in [0.1, 0.15) is 0 Å². The second kappa shape index (κ2) is 4.66. The lowest BCUT2D eigenvalue weighted by Gasteiger charge is -2.33. The Hall–Kier alpha value is -1.35. The third-order valence-electron chi connectivity index (χ3n) is 3.25. The van der Waals surface area contributed by atoms with Gasteiger partial charge in [-0.05, 0) is 24.5 Å². The molecule has 0 fully saturated rings. The zero-order chi connectivity index (χ0) is 11.5. The number of aliphatic carboxylic acids is 1. The van der Waals surface area contributed by atoms with Crippen molar-refractivity contribution in [3.63, 3.8) is 0 Å². The summed E-state index contributed by atoms with van der Waals surface area (Å²) in [6.07, 6.45) is 1.25. The summed E-state index contributed by atoms with van der Waals surface area (Å²) in [5.74, 6) is -0.716. The van der Waals surface area contributed by atoms with E-state index in [4.69, 9.17) is 5.11 Å². The molecule has 16 heavy (non-hydrogen) atoms. The van der Waals surface area contributed by atoms with Crippen molar-refractivity contribution in [2.75, 3.05) is 6.54 Å². The number of hydrogen-bond acceptors (Lipinski definition) is 2. The number of hydrogen-bond donors (Lipinski definition) is 1. The lowest BCUT2D eigenvalue weighted by atomic mass is 9.98. The van der Waals surface area contributed by atoms with E-state index in [0.717, 1.165) is 19.5 Å². The molecule has 1 aliphatic rings. The fourth-order valence-corrected chi connectivity index (χ4v) is 2.28. The van der Waals surface area contributed by atoms with Gasteiger partial charge >= 0.3 is 5.97 Å². The lowest BCUT2D eigenvalue weighted by Crippen LogP contribution is -2.38. The van der Waals surface area contributed by atoms with E-state index in [-0.39, 0.29) is 12.5 Å². The predicted octanol–water partition coefficient (Wildman–Crippen LogP) is 1.91. The maximum absolute atomic E-state index is 10.7. The molecule has 3 nitrogen and oxygen atoms in total. The Morgan fingerprint density at radius 3 is 2.81 bits per heavy atom. The van der Waals surface area contributed by atoms with Crippen LogP contribution in [0.4, 0.5) is 0 Å². The minimum Gasteiger partial charge on any atom is -0.481 e. The summed E-state index contributed by atoms with van der Waals surface area (Å²) in [7, 11) is 0. The largest absolute Gasteiger partial charge is 0.481 e. The van der Waals surface area contributed by atoms with Crippen molar-refractivity contribution in [2.24, 2.45) is 0 Å². The predicted molar refractivity (Wildman–Crippen MR) is 62.3 cm³/mol. The monoisotopic (exact) mass is 219 g/mol. The number of carbonyl (C=O) groups is 1. The first kappa shape index (κ1) is 11.1.